The van der Waals surface area contributed by atoms with Gasteiger partial charge >= 0.3 is 18.0 Å². The normalized spacial score (nSPS) is 23.2. The lowest BCUT2D eigenvalue weighted by molar-refractivity contribution is -0.181. The number of nitrogens with zero attached hydrogens (tertiary/aromatic N) is 4. The van der Waals surface area contributed by atoms with E-state index in [1.807, 2.05) is 0 Å². The van der Waals surface area contributed by atoms with E-state index in [0.717, 1.165) is 25.7 Å². The lowest BCUT2D eigenvalue weighted by Crippen LogP contribution is -2.50. The predicted molar refractivity (Wildman–Crippen MR) is 138 cm³/mol. The summed E-state index contributed by atoms with van der Waals surface area (Å²) in [5.74, 6) is -1.90. The highest BCUT2D eigenvalue weighted by Crippen LogP contribution is 2.50. The van der Waals surface area contributed by atoms with Crippen LogP contribution in [-0.2, 0) is 35.1 Å². The maximum Gasteiger partial charge on any atom is 0.312 e. The monoisotopic (exact) mass is 561 g/mol. The average Bonchev–Trinajstić information content (AvgIpc) is 3.69. The van der Waals surface area contributed by atoms with E-state index in [1.165, 1.54) is 43.7 Å². The number of halogens is 1. The molecule has 2 saturated carbocycles. The molecular weight excluding hydrogens is 525 g/mol. The second kappa shape index (κ2) is 11.4. The van der Waals surface area contributed by atoms with Crippen LogP contribution in [0.1, 0.15) is 71.1 Å². The highest BCUT2D eigenvalue weighted by Gasteiger charge is 2.43. The first-order chi connectivity index (χ1) is 19.1. The fourth-order valence-electron chi connectivity index (χ4n) is 6.20. The Morgan fingerprint density at radius 2 is 1.98 bits per heavy atom. The van der Waals surface area contributed by atoms with Gasteiger partial charge in [0.1, 0.15) is 5.60 Å². The number of aromatic nitrogens is 4. The zero-order valence-electron chi connectivity index (χ0n) is 22.9. The Balaban J connectivity index is 1.34. The van der Waals surface area contributed by atoms with Gasteiger partial charge in [-0.05, 0) is 50.9 Å². The predicted octanol–water partition coefficient (Wildman–Crippen LogP) is 2.67. The van der Waals surface area contributed by atoms with Crippen molar-refractivity contribution in [3.63, 3.8) is 0 Å². The number of cyclic esters (lactones) is 1. The number of anilines is 1. The van der Waals surface area contributed by atoms with Gasteiger partial charge in [-0.3, -0.25) is 14.4 Å². The van der Waals surface area contributed by atoms with Crippen molar-refractivity contribution in [2.75, 3.05) is 19.0 Å². The number of amides is 1. The van der Waals surface area contributed by atoms with Gasteiger partial charge in [0.05, 0.1) is 25.4 Å². The molecule has 3 heterocycles. The largest absolute Gasteiger partial charge is 0.457 e. The van der Waals surface area contributed by atoms with Crippen LogP contribution in [0.15, 0.2) is 6.33 Å². The van der Waals surface area contributed by atoms with Crippen molar-refractivity contribution in [3.05, 3.63) is 12.4 Å². The third-order valence-electron chi connectivity index (χ3n) is 8.98. The Kier molecular flexibility index (Phi) is 8.05. The molecule has 2 aromatic heterocycles. The minimum absolute atomic E-state index is 0.0458. The molecule has 3 fully saturated rings. The number of carbonyl (C=O) groups is 3. The topological polar surface area (TPSA) is 155 Å². The van der Waals surface area contributed by atoms with Crippen LogP contribution in [0, 0.1) is 17.4 Å². The fourth-order valence-corrected chi connectivity index (χ4v) is 6.20. The van der Waals surface area contributed by atoms with Crippen molar-refractivity contribution >= 4 is 34.8 Å². The van der Waals surface area contributed by atoms with Crippen LogP contribution in [0.2, 0.25) is 0 Å². The molecule has 3 aliphatic rings. The molecule has 1 aliphatic heterocycles. The second-order valence-corrected chi connectivity index (χ2v) is 11.5. The SMILES string of the molecule is CO[C@](C)(CO)[C@H](Cn1cnc2c(NC(=O)[C@H]3CCC(=O)O3)nc(F)nc21)OC(=O)C1CCC2(CCCC2)CC1. The number of rotatable bonds is 9. The third-order valence-corrected chi connectivity index (χ3v) is 8.98. The Morgan fingerprint density at radius 3 is 2.60 bits per heavy atom. The first-order valence-corrected chi connectivity index (χ1v) is 13.9. The minimum atomic E-state index is -1.26. The number of esters is 2. The highest BCUT2D eigenvalue weighted by atomic mass is 19.1. The lowest BCUT2D eigenvalue weighted by Gasteiger charge is -2.38. The van der Waals surface area contributed by atoms with E-state index in [2.05, 4.69) is 20.3 Å². The summed E-state index contributed by atoms with van der Waals surface area (Å²) in [6.45, 7) is 1.14. The van der Waals surface area contributed by atoms with E-state index in [1.54, 1.807) is 6.92 Å². The Hall–Kier alpha value is -3.19. The van der Waals surface area contributed by atoms with Gasteiger partial charge in [-0.1, -0.05) is 12.8 Å². The van der Waals surface area contributed by atoms with Crippen molar-refractivity contribution in [3.8, 4) is 0 Å². The van der Waals surface area contributed by atoms with Crippen LogP contribution in [0.25, 0.3) is 11.2 Å². The molecule has 2 aliphatic carbocycles. The number of hydrogen-bond donors (Lipinski definition) is 2. The first-order valence-electron chi connectivity index (χ1n) is 13.9. The van der Waals surface area contributed by atoms with E-state index >= 15 is 0 Å². The summed E-state index contributed by atoms with van der Waals surface area (Å²) >= 11 is 0. The second-order valence-electron chi connectivity index (χ2n) is 11.5. The van der Waals surface area contributed by atoms with Gasteiger partial charge in [-0.2, -0.15) is 14.4 Å². The molecular formula is C27H36FN5O7. The number of imidazole rings is 1. The molecule has 0 unspecified atom stereocenters. The summed E-state index contributed by atoms with van der Waals surface area (Å²) in [7, 11) is 1.42. The quantitative estimate of drug-likeness (QED) is 0.345. The van der Waals surface area contributed by atoms with Gasteiger partial charge in [0.15, 0.2) is 29.2 Å². The van der Waals surface area contributed by atoms with E-state index in [4.69, 9.17) is 14.2 Å². The number of ether oxygens (including phenoxy) is 3. The van der Waals surface area contributed by atoms with E-state index in [-0.39, 0.29) is 48.3 Å². The fraction of sp³-hybridized carbons (Fsp3) is 0.704. The minimum Gasteiger partial charge on any atom is -0.457 e. The maximum absolute atomic E-state index is 14.5. The number of carbonyl (C=O) groups excluding carboxylic acids is 3. The molecule has 0 radical (unpaired) electrons. The average molecular weight is 562 g/mol. The third kappa shape index (κ3) is 5.67. The summed E-state index contributed by atoms with van der Waals surface area (Å²) in [5.41, 5.74) is -0.748. The molecule has 218 valence electrons. The van der Waals surface area contributed by atoms with E-state index in [0.29, 0.717) is 5.41 Å². The van der Waals surface area contributed by atoms with Crippen LogP contribution in [0.4, 0.5) is 10.2 Å². The standard InChI is InChI=1S/C27H36FN5O7/c1-26(14-34,38-2)18(40-24(37)16-7-11-27(12-8-16)9-3-4-10-27)13-33-15-29-20-21(31-25(28)32-22(20)33)30-23(36)17-5-6-19(35)39-17/h15-18,34H,3-14H2,1-2H3,(H,30,31,32,36)/t17-,18+,26-/m1/s1. The zero-order valence-corrected chi connectivity index (χ0v) is 22.9. The first kappa shape index (κ1) is 28.3. The summed E-state index contributed by atoms with van der Waals surface area (Å²) in [6, 6.07) is 0. The molecule has 5 rings (SSSR count). The van der Waals surface area contributed by atoms with Gasteiger partial charge in [0, 0.05) is 20.0 Å². The van der Waals surface area contributed by atoms with Crippen molar-refractivity contribution in [2.45, 2.75) is 95.5 Å². The van der Waals surface area contributed by atoms with Crippen LogP contribution in [0.3, 0.4) is 0 Å². The number of methoxy groups -OCH3 is 1. The van der Waals surface area contributed by atoms with Crippen LogP contribution in [-0.4, -0.2) is 74.0 Å². The summed E-state index contributed by atoms with van der Waals surface area (Å²) in [4.78, 5) is 49.0. The van der Waals surface area contributed by atoms with Crippen molar-refractivity contribution in [1.29, 1.82) is 0 Å². The number of nitrogens with one attached hydrogen (secondary N) is 1. The maximum atomic E-state index is 14.5. The number of aliphatic hydroxyl groups is 1. The Bertz CT molecular complexity index is 1260. The van der Waals surface area contributed by atoms with Crippen molar-refractivity contribution in [2.24, 2.45) is 11.3 Å². The van der Waals surface area contributed by atoms with Crippen LogP contribution < -0.4 is 5.32 Å². The summed E-state index contributed by atoms with van der Waals surface area (Å²) in [6.07, 6.45) is 7.13. The van der Waals surface area contributed by atoms with Gasteiger partial charge < -0.3 is 29.2 Å². The smallest absolute Gasteiger partial charge is 0.312 e. The zero-order chi connectivity index (χ0) is 28.5. The molecule has 12 nitrogen and oxygen atoms in total. The molecule has 1 saturated heterocycles. The number of fused-ring (bicyclic) bond motifs is 1. The molecule has 2 N–H and O–H groups in total. The molecule has 2 aromatic rings. The number of hydrogen-bond acceptors (Lipinski definition) is 10. The van der Waals surface area contributed by atoms with E-state index in [9.17, 15) is 23.9 Å². The molecule has 40 heavy (non-hydrogen) atoms. The van der Waals surface area contributed by atoms with Gasteiger partial charge in [0.25, 0.3) is 5.91 Å². The molecule has 1 spiro atoms. The molecule has 3 atom stereocenters. The lowest BCUT2D eigenvalue weighted by atomic mass is 9.69. The highest BCUT2D eigenvalue weighted by molar-refractivity contribution is 6.00. The Labute approximate surface area is 231 Å². The van der Waals surface area contributed by atoms with Gasteiger partial charge in [-0.25, -0.2) is 4.98 Å². The van der Waals surface area contributed by atoms with Gasteiger partial charge in [-0.15, -0.1) is 0 Å². The summed E-state index contributed by atoms with van der Waals surface area (Å²) in [5, 5.41) is 12.6. The molecule has 1 amide bonds. The molecule has 13 heteroatoms. The number of aliphatic hydroxyl groups excluding tert-OH is 1. The van der Waals surface area contributed by atoms with Crippen LogP contribution >= 0.6 is 0 Å². The van der Waals surface area contributed by atoms with Crippen LogP contribution in [0.5, 0.6) is 0 Å². The van der Waals surface area contributed by atoms with Gasteiger partial charge in [0.2, 0.25) is 0 Å². The molecule has 0 aromatic carbocycles. The molecule has 0 bridgehead atoms. The van der Waals surface area contributed by atoms with Crippen molar-refractivity contribution < 1.29 is 38.1 Å². The Morgan fingerprint density at radius 1 is 1.25 bits per heavy atom. The van der Waals surface area contributed by atoms with Crippen molar-refractivity contribution in [1.82, 2.24) is 19.5 Å². The van der Waals surface area contributed by atoms with E-state index < -0.39 is 42.4 Å². The summed E-state index contributed by atoms with van der Waals surface area (Å²) < 4.78 is 32.5.